The lowest BCUT2D eigenvalue weighted by molar-refractivity contribution is -0.162. The van der Waals surface area contributed by atoms with Gasteiger partial charge in [-0.05, 0) is 58.4 Å². The maximum Gasteiger partial charge on any atom is 0.309 e. The van der Waals surface area contributed by atoms with E-state index in [-0.39, 0.29) is 50.3 Å². The number of allylic oxidation sites excluding steroid dienone is 2. The summed E-state index contributed by atoms with van der Waals surface area (Å²) >= 11 is 0. The van der Waals surface area contributed by atoms with Crippen molar-refractivity contribution < 1.29 is 33.8 Å². The Morgan fingerprint density at radius 3 is 2.46 bits per heavy atom. The van der Waals surface area contributed by atoms with Crippen molar-refractivity contribution in [1.82, 2.24) is 10.2 Å². The number of ether oxygens (including phenoxy) is 2. The standard InChI is InChI=1S/C30H42N2O7/c1-30(2,3)39-27(35)18-23-13-8-7-12-22(28(36)32-15-9-14-25(32)20-38-29(23)37)17-26(34)31-24(19-33)16-21-10-5-4-6-11-21/h4-8,10-11,22-25,33H,9,12-20H2,1-3H3,(H,31,34)/b8-7+/t22-,23-,24-,25-/m0/s1. The third-order valence-corrected chi connectivity index (χ3v) is 6.94. The highest BCUT2D eigenvalue weighted by atomic mass is 16.6. The van der Waals surface area contributed by atoms with E-state index >= 15 is 0 Å². The Labute approximate surface area is 230 Å². The van der Waals surface area contributed by atoms with Crippen LogP contribution in [0.3, 0.4) is 0 Å². The van der Waals surface area contributed by atoms with Gasteiger partial charge in [-0.25, -0.2) is 0 Å². The molecule has 1 saturated heterocycles. The summed E-state index contributed by atoms with van der Waals surface area (Å²) in [6.07, 6.45) is 6.02. The summed E-state index contributed by atoms with van der Waals surface area (Å²) in [4.78, 5) is 53.4. The van der Waals surface area contributed by atoms with Crippen LogP contribution in [0.5, 0.6) is 0 Å². The number of carbonyl (C=O) groups excluding carboxylic acids is 4. The van der Waals surface area contributed by atoms with Gasteiger partial charge in [0.1, 0.15) is 12.2 Å². The molecule has 2 heterocycles. The number of amides is 2. The Balaban J connectivity index is 1.69. The summed E-state index contributed by atoms with van der Waals surface area (Å²) in [6.45, 7) is 5.71. The van der Waals surface area contributed by atoms with E-state index in [0.29, 0.717) is 25.8 Å². The number of hydrogen-bond donors (Lipinski definition) is 2. The molecule has 0 aliphatic carbocycles. The van der Waals surface area contributed by atoms with Gasteiger partial charge in [-0.3, -0.25) is 19.2 Å². The second kappa shape index (κ2) is 14.3. The minimum atomic E-state index is -0.689. The number of cyclic esters (lactones) is 1. The molecule has 9 heteroatoms. The van der Waals surface area contributed by atoms with Crippen LogP contribution in [0.1, 0.15) is 64.9 Å². The summed E-state index contributed by atoms with van der Waals surface area (Å²) in [5.74, 6) is -2.65. The molecule has 0 unspecified atom stereocenters. The predicted molar refractivity (Wildman–Crippen MR) is 145 cm³/mol. The molecule has 2 aliphatic rings. The highest BCUT2D eigenvalue weighted by Gasteiger charge is 2.36. The molecule has 0 saturated carbocycles. The monoisotopic (exact) mass is 542 g/mol. The zero-order valence-electron chi connectivity index (χ0n) is 23.3. The lowest BCUT2D eigenvalue weighted by Gasteiger charge is -2.29. The maximum absolute atomic E-state index is 13.5. The topological polar surface area (TPSA) is 122 Å². The van der Waals surface area contributed by atoms with E-state index in [0.717, 1.165) is 12.0 Å². The highest BCUT2D eigenvalue weighted by Crippen LogP contribution is 2.26. The third kappa shape index (κ3) is 9.80. The summed E-state index contributed by atoms with van der Waals surface area (Å²) < 4.78 is 11.0. The molecule has 0 bridgehead atoms. The molecule has 1 aromatic rings. The average Bonchev–Trinajstić information content (AvgIpc) is 3.35. The van der Waals surface area contributed by atoms with Crippen LogP contribution in [-0.4, -0.2) is 71.2 Å². The van der Waals surface area contributed by atoms with Crippen LogP contribution in [-0.2, 0) is 35.1 Å². The zero-order chi connectivity index (χ0) is 28.4. The number of nitrogens with one attached hydrogen (secondary N) is 1. The van der Waals surface area contributed by atoms with E-state index < -0.39 is 35.4 Å². The van der Waals surface area contributed by atoms with Gasteiger partial charge in [-0.15, -0.1) is 0 Å². The number of aliphatic hydroxyl groups excluding tert-OH is 1. The van der Waals surface area contributed by atoms with Crippen LogP contribution in [0.2, 0.25) is 0 Å². The van der Waals surface area contributed by atoms with Crippen LogP contribution in [0.4, 0.5) is 0 Å². The molecule has 1 aromatic carbocycles. The first-order chi connectivity index (χ1) is 18.6. The number of carbonyl (C=O) groups is 4. The molecular weight excluding hydrogens is 500 g/mol. The smallest absolute Gasteiger partial charge is 0.309 e. The van der Waals surface area contributed by atoms with E-state index in [1.54, 1.807) is 37.8 Å². The van der Waals surface area contributed by atoms with Crippen molar-refractivity contribution >= 4 is 23.8 Å². The Bertz CT molecular complexity index is 1020. The Morgan fingerprint density at radius 1 is 1.10 bits per heavy atom. The van der Waals surface area contributed by atoms with Crippen LogP contribution >= 0.6 is 0 Å². The quantitative estimate of drug-likeness (QED) is 0.383. The lowest BCUT2D eigenvalue weighted by Crippen LogP contribution is -2.45. The van der Waals surface area contributed by atoms with Gasteiger partial charge in [0.25, 0.3) is 0 Å². The van der Waals surface area contributed by atoms with Crippen LogP contribution in [0.15, 0.2) is 42.5 Å². The number of aliphatic hydroxyl groups is 1. The van der Waals surface area contributed by atoms with Crippen LogP contribution in [0.25, 0.3) is 0 Å². The molecular formula is C30H42N2O7. The Morgan fingerprint density at radius 2 is 1.79 bits per heavy atom. The van der Waals surface area contributed by atoms with Crippen molar-refractivity contribution in [2.75, 3.05) is 19.8 Å². The van der Waals surface area contributed by atoms with Gasteiger partial charge in [-0.1, -0.05) is 42.5 Å². The molecule has 4 atom stereocenters. The Hall–Kier alpha value is -3.20. The average molecular weight is 543 g/mol. The number of nitrogens with zero attached hydrogens (tertiary/aromatic N) is 1. The minimum absolute atomic E-state index is 0.0151. The van der Waals surface area contributed by atoms with Crippen molar-refractivity contribution in [2.24, 2.45) is 11.8 Å². The zero-order valence-corrected chi connectivity index (χ0v) is 23.3. The van der Waals surface area contributed by atoms with Crippen molar-refractivity contribution in [1.29, 1.82) is 0 Å². The summed E-state index contributed by atoms with van der Waals surface area (Å²) in [5.41, 5.74) is 0.342. The fourth-order valence-corrected chi connectivity index (χ4v) is 5.04. The van der Waals surface area contributed by atoms with Crippen molar-refractivity contribution in [3.05, 3.63) is 48.0 Å². The normalized spacial score (nSPS) is 24.0. The second-order valence-corrected chi connectivity index (χ2v) is 11.4. The van der Waals surface area contributed by atoms with Gasteiger partial charge in [0.05, 0.1) is 36.9 Å². The fraction of sp³-hybridized carbons (Fsp3) is 0.600. The molecule has 0 radical (unpaired) electrons. The summed E-state index contributed by atoms with van der Waals surface area (Å²) in [5, 5.41) is 12.7. The van der Waals surface area contributed by atoms with E-state index in [1.165, 1.54) is 0 Å². The molecule has 0 aromatic heterocycles. The van der Waals surface area contributed by atoms with Gasteiger partial charge < -0.3 is 24.8 Å². The van der Waals surface area contributed by atoms with Crippen molar-refractivity contribution in [2.45, 2.75) is 83.4 Å². The van der Waals surface area contributed by atoms with Gasteiger partial charge >= 0.3 is 11.9 Å². The largest absolute Gasteiger partial charge is 0.463 e. The predicted octanol–water partition coefficient (Wildman–Crippen LogP) is 2.94. The third-order valence-electron chi connectivity index (χ3n) is 6.94. The Kier molecular flexibility index (Phi) is 11.1. The first-order valence-corrected chi connectivity index (χ1v) is 13.8. The molecule has 1 fully saturated rings. The van der Waals surface area contributed by atoms with Crippen LogP contribution in [0, 0.1) is 11.8 Å². The molecule has 2 N–H and O–H groups in total. The molecule has 0 spiro atoms. The highest BCUT2D eigenvalue weighted by molar-refractivity contribution is 5.86. The minimum Gasteiger partial charge on any atom is -0.463 e. The first-order valence-electron chi connectivity index (χ1n) is 13.8. The van der Waals surface area contributed by atoms with Gasteiger partial charge in [0.15, 0.2) is 0 Å². The summed E-state index contributed by atoms with van der Waals surface area (Å²) in [6, 6.07) is 8.88. The van der Waals surface area contributed by atoms with Gasteiger partial charge in [-0.2, -0.15) is 0 Å². The number of esters is 2. The number of benzene rings is 1. The van der Waals surface area contributed by atoms with E-state index in [1.807, 2.05) is 30.3 Å². The molecule has 9 nitrogen and oxygen atoms in total. The molecule has 2 amide bonds. The molecule has 214 valence electrons. The first kappa shape index (κ1) is 30.3. The van der Waals surface area contributed by atoms with Crippen LogP contribution < -0.4 is 5.32 Å². The van der Waals surface area contributed by atoms with E-state index in [2.05, 4.69) is 5.32 Å². The molecule has 3 rings (SSSR count). The SMILES string of the molecule is CC(C)(C)OC(=O)C[C@@H]1C/C=C/C[C@@H](CC(=O)N[C@H](CO)Cc2ccccc2)C(=O)N2CCC[C@H]2COC1=O. The fourth-order valence-electron chi connectivity index (χ4n) is 5.04. The molecule has 39 heavy (non-hydrogen) atoms. The molecule has 2 aliphatic heterocycles. The van der Waals surface area contributed by atoms with Gasteiger partial charge in [0, 0.05) is 13.0 Å². The number of fused-ring (bicyclic) bond motifs is 1. The van der Waals surface area contributed by atoms with Crippen molar-refractivity contribution in [3.63, 3.8) is 0 Å². The second-order valence-electron chi connectivity index (χ2n) is 11.4. The maximum atomic E-state index is 13.5. The lowest BCUT2D eigenvalue weighted by atomic mass is 9.95. The number of rotatable bonds is 8. The van der Waals surface area contributed by atoms with Crippen molar-refractivity contribution in [3.8, 4) is 0 Å². The van der Waals surface area contributed by atoms with E-state index in [9.17, 15) is 24.3 Å². The van der Waals surface area contributed by atoms with E-state index in [4.69, 9.17) is 9.47 Å². The number of hydrogen-bond acceptors (Lipinski definition) is 7. The summed E-state index contributed by atoms with van der Waals surface area (Å²) in [7, 11) is 0. The van der Waals surface area contributed by atoms with Gasteiger partial charge in [0.2, 0.25) is 11.8 Å².